The van der Waals surface area contributed by atoms with Gasteiger partial charge in [-0.3, -0.25) is 9.59 Å². The zero-order chi connectivity index (χ0) is 31.1. The molecule has 0 bridgehead atoms. The summed E-state index contributed by atoms with van der Waals surface area (Å²) in [7, 11) is 1.62. The third-order valence-corrected chi connectivity index (χ3v) is 8.52. The third kappa shape index (κ3) is 4.88. The van der Waals surface area contributed by atoms with Crippen LogP contribution in [0.3, 0.4) is 0 Å². The molecule has 1 aromatic heterocycles. The molecule has 45 heavy (non-hydrogen) atoms. The second-order valence-electron chi connectivity index (χ2n) is 11.4. The first-order valence-corrected chi connectivity index (χ1v) is 14.9. The molecular formula is C37H32N4O4. The molecule has 1 fully saturated rings. The zero-order valence-corrected chi connectivity index (χ0v) is 25.3. The Kier molecular flexibility index (Phi) is 7.04. The van der Waals surface area contributed by atoms with Gasteiger partial charge in [0.15, 0.2) is 0 Å². The Bertz CT molecular complexity index is 1890. The number of amides is 2. The van der Waals surface area contributed by atoms with E-state index in [4.69, 9.17) is 9.47 Å². The maximum absolute atomic E-state index is 14.5. The summed E-state index contributed by atoms with van der Waals surface area (Å²) in [5, 5.41) is 0. The lowest BCUT2D eigenvalue weighted by Gasteiger charge is -2.54. The van der Waals surface area contributed by atoms with E-state index in [2.05, 4.69) is 9.97 Å². The smallest absolute Gasteiger partial charge is 0.318 e. The minimum absolute atomic E-state index is 0.0917. The monoisotopic (exact) mass is 596 g/mol. The fourth-order valence-corrected chi connectivity index (χ4v) is 6.45. The van der Waals surface area contributed by atoms with E-state index in [1.807, 2.05) is 123 Å². The first-order chi connectivity index (χ1) is 21.9. The second-order valence-corrected chi connectivity index (χ2v) is 11.4. The topological polar surface area (TPSA) is 84.9 Å². The Labute approximate surface area is 261 Å². The Morgan fingerprint density at radius 2 is 1.49 bits per heavy atom. The van der Waals surface area contributed by atoms with Gasteiger partial charge in [0.25, 0.3) is 5.91 Å². The molecule has 0 aliphatic carbocycles. The number of benzene rings is 4. The van der Waals surface area contributed by atoms with E-state index in [1.54, 1.807) is 16.9 Å². The molecule has 3 heterocycles. The van der Waals surface area contributed by atoms with Crippen LogP contribution in [0.1, 0.15) is 34.1 Å². The Morgan fingerprint density at radius 1 is 0.800 bits per heavy atom. The SMILES string of the molecule is COc1ccc(CN2C(=O)CN3C(=O)C(Oc4nc(C)cc(C)n4)(c4cccc(-c5ccccc5)c4)C3c3ccccc32)cc1. The largest absolute Gasteiger partial charge is 0.497 e. The molecule has 2 atom stereocenters. The van der Waals surface area contributed by atoms with Gasteiger partial charge in [0.05, 0.1) is 13.7 Å². The lowest BCUT2D eigenvalue weighted by atomic mass is 9.72. The lowest BCUT2D eigenvalue weighted by molar-refractivity contribution is -0.190. The van der Waals surface area contributed by atoms with E-state index in [0.717, 1.165) is 45.1 Å². The zero-order valence-electron chi connectivity index (χ0n) is 25.3. The summed E-state index contributed by atoms with van der Waals surface area (Å²) in [4.78, 5) is 41.0. The molecule has 0 radical (unpaired) electrons. The fourth-order valence-electron chi connectivity index (χ4n) is 6.45. The molecule has 0 N–H and O–H groups in total. The minimum atomic E-state index is -1.50. The summed E-state index contributed by atoms with van der Waals surface area (Å²) in [6.07, 6.45) is 0. The number of aromatic nitrogens is 2. The highest BCUT2D eigenvalue weighted by molar-refractivity contribution is 6.04. The van der Waals surface area contributed by atoms with Gasteiger partial charge in [-0.1, -0.05) is 78.9 Å². The number of para-hydroxylation sites is 1. The predicted octanol–water partition coefficient (Wildman–Crippen LogP) is 6.17. The number of anilines is 1. The first-order valence-electron chi connectivity index (χ1n) is 14.9. The van der Waals surface area contributed by atoms with Gasteiger partial charge >= 0.3 is 6.01 Å². The van der Waals surface area contributed by atoms with Gasteiger partial charge in [-0.2, -0.15) is 0 Å². The van der Waals surface area contributed by atoms with Crippen molar-refractivity contribution in [3.8, 4) is 22.9 Å². The van der Waals surface area contributed by atoms with Crippen molar-refractivity contribution in [2.75, 3.05) is 18.6 Å². The maximum Gasteiger partial charge on any atom is 0.318 e. The van der Waals surface area contributed by atoms with Crippen molar-refractivity contribution in [2.45, 2.75) is 32.0 Å². The number of fused-ring (bicyclic) bond motifs is 3. The molecule has 1 saturated heterocycles. The number of hydrogen-bond acceptors (Lipinski definition) is 6. The highest BCUT2D eigenvalue weighted by Crippen LogP contribution is 2.55. The van der Waals surface area contributed by atoms with E-state index >= 15 is 0 Å². The number of rotatable bonds is 7. The molecule has 0 spiro atoms. The number of carbonyl (C=O) groups is 2. The summed E-state index contributed by atoms with van der Waals surface area (Å²) >= 11 is 0. The van der Waals surface area contributed by atoms with Crippen molar-refractivity contribution in [3.63, 3.8) is 0 Å². The molecule has 4 aromatic carbocycles. The Balaban J connectivity index is 1.38. The van der Waals surface area contributed by atoms with Crippen molar-refractivity contribution in [2.24, 2.45) is 0 Å². The van der Waals surface area contributed by atoms with Crippen LogP contribution in [0.15, 0.2) is 109 Å². The van der Waals surface area contributed by atoms with Crippen LogP contribution in [-0.2, 0) is 21.7 Å². The summed E-state index contributed by atoms with van der Waals surface area (Å²) < 4.78 is 12.0. The predicted molar refractivity (Wildman–Crippen MR) is 171 cm³/mol. The van der Waals surface area contributed by atoms with Gasteiger partial charge in [0.2, 0.25) is 11.5 Å². The van der Waals surface area contributed by atoms with Crippen molar-refractivity contribution in [1.82, 2.24) is 14.9 Å². The Morgan fingerprint density at radius 3 is 2.22 bits per heavy atom. The normalized spacial score (nSPS) is 18.9. The van der Waals surface area contributed by atoms with Crippen molar-refractivity contribution in [3.05, 3.63) is 137 Å². The van der Waals surface area contributed by atoms with Gasteiger partial charge in [0.1, 0.15) is 18.3 Å². The van der Waals surface area contributed by atoms with Crippen LogP contribution in [0.25, 0.3) is 11.1 Å². The highest BCUT2D eigenvalue weighted by atomic mass is 16.5. The summed E-state index contributed by atoms with van der Waals surface area (Å²) in [6, 6.07) is 34.6. The molecule has 5 aromatic rings. The van der Waals surface area contributed by atoms with Crippen LogP contribution in [0.2, 0.25) is 0 Å². The molecule has 0 saturated carbocycles. The summed E-state index contributed by atoms with van der Waals surface area (Å²) in [6.45, 7) is 3.99. The van der Waals surface area contributed by atoms with Gasteiger partial charge in [-0.25, -0.2) is 9.97 Å². The van der Waals surface area contributed by atoms with Crippen LogP contribution in [0.5, 0.6) is 11.8 Å². The number of aryl methyl sites for hydroxylation is 2. The number of hydrogen-bond donors (Lipinski definition) is 0. The van der Waals surface area contributed by atoms with Crippen LogP contribution >= 0.6 is 0 Å². The lowest BCUT2D eigenvalue weighted by Crippen LogP contribution is -2.69. The van der Waals surface area contributed by atoms with Crippen LogP contribution < -0.4 is 14.4 Å². The second kappa shape index (κ2) is 11.2. The van der Waals surface area contributed by atoms with Crippen LogP contribution in [-0.4, -0.2) is 40.3 Å². The number of carbonyl (C=O) groups excluding carboxylic acids is 2. The fraction of sp³-hybridized carbons (Fsp3) is 0.189. The van der Waals surface area contributed by atoms with Gasteiger partial charge < -0.3 is 19.3 Å². The molecule has 7 rings (SSSR count). The average Bonchev–Trinajstić information content (AvgIpc) is 3.17. The standard InChI is InChI=1S/C37H32N4O4/c1-24-20-25(2)39-36(38-24)45-37(29-13-9-12-28(21-29)27-10-5-4-6-11-27)34-31-14-7-8-15-32(31)40(33(42)23-41(34)35(37)43)22-26-16-18-30(44-3)19-17-26/h4-21,34H,22-23H2,1-3H3. The number of methoxy groups -OCH3 is 1. The first kappa shape index (κ1) is 28.3. The molecule has 2 unspecified atom stereocenters. The van der Waals surface area contributed by atoms with E-state index in [0.29, 0.717) is 12.1 Å². The maximum atomic E-state index is 14.5. The third-order valence-electron chi connectivity index (χ3n) is 8.52. The molecule has 8 nitrogen and oxygen atoms in total. The molecule has 2 amide bonds. The van der Waals surface area contributed by atoms with Gasteiger partial charge in [-0.15, -0.1) is 0 Å². The van der Waals surface area contributed by atoms with E-state index in [1.165, 1.54) is 0 Å². The molecule has 2 aliphatic heterocycles. The van der Waals surface area contributed by atoms with Crippen molar-refractivity contribution in [1.29, 1.82) is 0 Å². The quantitative estimate of drug-likeness (QED) is 0.209. The molecule has 8 heteroatoms. The van der Waals surface area contributed by atoms with Crippen LogP contribution in [0.4, 0.5) is 5.69 Å². The minimum Gasteiger partial charge on any atom is -0.497 e. The summed E-state index contributed by atoms with van der Waals surface area (Å²) in [5.74, 6) is 0.252. The van der Waals surface area contributed by atoms with Crippen molar-refractivity contribution < 1.29 is 19.1 Å². The average molecular weight is 597 g/mol. The van der Waals surface area contributed by atoms with Crippen LogP contribution in [0, 0.1) is 13.8 Å². The van der Waals surface area contributed by atoms with Gasteiger partial charge in [0, 0.05) is 28.2 Å². The number of ether oxygens (including phenoxy) is 2. The van der Waals surface area contributed by atoms with Gasteiger partial charge in [-0.05, 0) is 60.9 Å². The Hall–Kier alpha value is -5.50. The number of β-lactam (4-membered cyclic amide) rings is 1. The number of nitrogens with zero attached hydrogens (tertiary/aromatic N) is 4. The molecule has 2 aliphatic rings. The summed E-state index contributed by atoms with van der Waals surface area (Å²) in [5.41, 5.74) is 5.08. The van der Waals surface area contributed by atoms with Crippen molar-refractivity contribution >= 4 is 17.5 Å². The highest BCUT2D eigenvalue weighted by Gasteiger charge is 2.67. The van der Waals surface area contributed by atoms with E-state index in [-0.39, 0.29) is 24.4 Å². The van der Waals surface area contributed by atoms with E-state index < -0.39 is 11.6 Å². The molecular weight excluding hydrogens is 564 g/mol. The molecule has 224 valence electrons. The van der Waals surface area contributed by atoms with E-state index in [9.17, 15) is 9.59 Å².